The summed E-state index contributed by atoms with van der Waals surface area (Å²) in [6.07, 6.45) is 0. The van der Waals surface area contributed by atoms with Crippen LogP contribution in [-0.2, 0) is 0 Å². The van der Waals surface area contributed by atoms with Crippen molar-refractivity contribution >= 4 is 60.2 Å². The monoisotopic (exact) mass is 586 g/mol. The summed E-state index contributed by atoms with van der Waals surface area (Å²) in [6.45, 7) is 0. The zero-order valence-electron chi connectivity index (χ0n) is 24.8. The van der Waals surface area contributed by atoms with Crippen LogP contribution >= 0.6 is 0 Å². The highest BCUT2D eigenvalue weighted by atomic mass is 15.1. The lowest BCUT2D eigenvalue weighted by molar-refractivity contribution is 1.10. The fourth-order valence-electron chi connectivity index (χ4n) is 7.11. The van der Waals surface area contributed by atoms with Crippen molar-refractivity contribution in [3.63, 3.8) is 0 Å². The van der Waals surface area contributed by atoms with Gasteiger partial charge in [-0.2, -0.15) is 0 Å². The average molecular weight is 587 g/mol. The number of aromatic nitrogens is 4. The Bertz CT molecular complexity index is 2810. The Morgan fingerprint density at radius 1 is 0.391 bits per heavy atom. The summed E-state index contributed by atoms with van der Waals surface area (Å²) in [4.78, 5) is 10.1. The second-order valence-electron chi connectivity index (χ2n) is 11.9. The minimum Gasteiger partial charge on any atom is -0.292 e. The molecule has 7 aromatic carbocycles. The zero-order valence-corrected chi connectivity index (χ0v) is 24.8. The fraction of sp³-hybridized carbons (Fsp3) is 0. The second kappa shape index (κ2) is 9.62. The van der Waals surface area contributed by atoms with Gasteiger partial charge in [0, 0.05) is 22.0 Å². The molecule has 0 aliphatic carbocycles. The molecule has 4 nitrogen and oxygen atoms in total. The van der Waals surface area contributed by atoms with Crippen molar-refractivity contribution in [3.8, 4) is 28.2 Å². The number of benzene rings is 7. The first kappa shape index (κ1) is 25.1. The highest BCUT2D eigenvalue weighted by molar-refractivity contribution is 6.14. The van der Waals surface area contributed by atoms with E-state index in [2.05, 4.69) is 155 Å². The maximum Gasteiger partial charge on any atom is 0.146 e. The minimum absolute atomic E-state index is 0.941. The summed E-state index contributed by atoms with van der Waals surface area (Å²) < 4.78 is 4.58. The quantitative estimate of drug-likeness (QED) is 0.193. The molecule has 0 aliphatic heterocycles. The van der Waals surface area contributed by atoms with E-state index >= 15 is 0 Å². The standard InChI is InChI=1S/C42H26N4/c1-2-10-32(11-3-1)45-38-16-8-6-14-36(38)43-41(45)31-21-20-27-24-28(18-19-29(27)25-31)30-22-23-34-33-12-4-5-13-35(33)42-44-37-15-7-9-17-39(37)46(42)40(34)26-30/h1-26H. The van der Waals surface area contributed by atoms with Crippen LogP contribution in [-0.4, -0.2) is 18.9 Å². The van der Waals surface area contributed by atoms with Crippen molar-refractivity contribution in [1.29, 1.82) is 0 Å². The number of fused-ring (bicyclic) bond motifs is 10. The third-order valence-corrected chi connectivity index (χ3v) is 9.26. The summed E-state index contributed by atoms with van der Waals surface area (Å²) in [5.74, 6) is 0.941. The molecule has 0 aliphatic rings. The van der Waals surface area contributed by atoms with Crippen molar-refractivity contribution in [2.75, 3.05) is 0 Å². The van der Waals surface area contributed by atoms with Gasteiger partial charge in [-0.1, -0.05) is 103 Å². The van der Waals surface area contributed by atoms with E-state index in [4.69, 9.17) is 9.97 Å². The van der Waals surface area contributed by atoms with Crippen molar-refractivity contribution in [3.05, 3.63) is 158 Å². The first-order valence-corrected chi connectivity index (χ1v) is 15.6. The smallest absolute Gasteiger partial charge is 0.146 e. The predicted octanol–water partition coefficient (Wildman–Crippen LogP) is 10.6. The number of para-hydroxylation sites is 5. The van der Waals surface area contributed by atoms with E-state index in [0.29, 0.717) is 0 Å². The van der Waals surface area contributed by atoms with Crippen LogP contribution < -0.4 is 0 Å². The Morgan fingerprint density at radius 2 is 1.00 bits per heavy atom. The molecule has 0 atom stereocenters. The minimum atomic E-state index is 0.941. The highest BCUT2D eigenvalue weighted by Gasteiger charge is 2.16. The van der Waals surface area contributed by atoms with Gasteiger partial charge in [0.25, 0.3) is 0 Å². The van der Waals surface area contributed by atoms with E-state index in [0.717, 1.165) is 50.3 Å². The van der Waals surface area contributed by atoms with E-state index in [9.17, 15) is 0 Å². The summed E-state index contributed by atoms with van der Waals surface area (Å²) in [5, 5.41) is 5.99. The number of rotatable bonds is 3. The lowest BCUT2D eigenvalue weighted by Gasteiger charge is -2.12. The van der Waals surface area contributed by atoms with Crippen LogP contribution in [0.4, 0.5) is 0 Å². The predicted molar refractivity (Wildman–Crippen MR) is 191 cm³/mol. The van der Waals surface area contributed by atoms with Gasteiger partial charge in [-0.3, -0.25) is 8.97 Å². The maximum atomic E-state index is 5.08. The Morgan fingerprint density at radius 3 is 1.83 bits per heavy atom. The van der Waals surface area contributed by atoms with Crippen LogP contribution in [0.1, 0.15) is 0 Å². The van der Waals surface area contributed by atoms with Crippen molar-refractivity contribution in [2.24, 2.45) is 0 Å². The maximum absolute atomic E-state index is 5.08. The summed E-state index contributed by atoms with van der Waals surface area (Å²) >= 11 is 0. The fourth-order valence-corrected chi connectivity index (χ4v) is 7.11. The first-order chi connectivity index (χ1) is 22.8. The molecule has 214 valence electrons. The molecule has 0 spiro atoms. The van der Waals surface area contributed by atoms with Crippen molar-refractivity contribution in [2.45, 2.75) is 0 Å². The van der Waals surface area contributed by atoms with E-state index in [1.807, 2.05) is 12.1 Å². The number of nitrogens with zero attached hydrogens (tertiary/aromatic N) is 4. The second-order valence-corrected chi connectivity index (χ2v) is 11.9. The molecule has 0 radical (unpaired) electrons. The molecule has 10 aromatic rings. The number of pyridine rings is 1. The molecule has 10 rings (SSSR count). The molecule has 0 N–H and O–H groups in total. The van der Waals surface area contributed by atoms with Crippen LogP contribution in [0.2, 0.25) is 0 Å². The van der Waals surface area contributed by atoms with E-state index in [1.54, 1.807) is 0 Å². The Kier molecular flexibility index (Phi) is 5.25. The largest absolute Gasteiger partial charge is 0.292 e. The van der Waals surface area contributed by atoms with Crippen LogP contribution in [0.15, 0.2) is 158 Å². The van der Waals surface area contributed by atoms with Gasteiger partial charge in [-0.25, -0.2) is 9.97 Å². The van der Waals surface area contributed by atoms with Crippen LogP contribution in [0.5, 0.6) is 0 Å². The molecular weight excluding hydrogens is 560 g/mol. The molecule has 0 saturated heterocycles. The molecule has 0 fully saturated rings. The van der Waals surface area contributed by atoms with Gasteiger partial charge >= 0.3 is 0 Å². The lowest BCUT2D eigenvalue weighted by atomic mass is 9.97. The zero-order chi connectivity index (χ0) is 30.2. The van der Waals surface area contributed by atoms with Gasteiger partial charge in [0.15, 0.2) is 0 Å². The van der Waals surface area contributed by atoms with E-state index in [1.165, 1.54) is 38.1 Å². The normalized spacial score (nSPS) is 11.9. The van der Waals surface area contributed by atoms with Crippen LogP contribution in [0.25, 0.3) is 88.4 Å². The van der Waals surface area contributed by atoms with Gasteiger partial charge in [0.2, 0.25) is 0 Å². The summed E-state index contributed by atoms with van der Waals surface area (Å²) in [6, 6.07) is 56.1. The summed E-state index contributed by atoms with van der Waals surface area (Å²) in [5.41, 5.74) is 10.9. The van der Waals surface area contributed by atoms with Crippen molar-refractivity contribution < 1.29 is 0 Å². The molecule has 3 aromatic heterocycles. The van der Waals surface area contributed by atoms with Crippen molar-refractivity contribution in [1.82, 2.24) is 18.9 Å². The Hall–Kier alpha value is -6.26. The van der Waals surface area contributed by atoms with Crippen LogP contribution in [0.3, 0.4) is 0 Å². The molecule has 0 amide bonds. The molecule has 0 saturated carbocycles. The summed E-state index contributed by atoms with van der Waals surface area (Å²) in [7, 11) is 0. The third kappa shape index (κ3) is 3.67. The van der Waals surface area contributed by atoms with Gasteiger partial charge in [-0.05, 0) is 81.9 Å². The lowest BCUT2D eigenvalue weighted by Crippen LogP contribution is -1.97. The molecular formula is C42H26N4. The Balaban J connectivity index is 1.13. The molecule has 4 heteroatoms. The molecule has 46 heavy (non-hydrogen) atoms. The van der Waals surface area contributed by atoms with Gasteiger partial charge in [-0.15, -0.1) is 0 Å². The van der Waals surface area contributed by atoms with E-state index in [-0.39, 0.29) is 0 Å². The number of hydrogen-bond acceptors (Lipinski definition) is 2. The van der Waals surface area contributed by atoms with Gasteiger partial charge in [0.1, 0.15) is 11.5 Å². The van der Waals surface area contributed by atoms with Crippen LogP contribution in [0, 0.1) is 0 Å². The molecule has 0 unspecified atom stereocenters. The number of imidazole rings is 2. The molecule has 0 bridgehead atoms. The SMILES string of the molecule is c1ccc(-n2c(-c3ccc4cc(-c5ccc6c7ccccc7c7nc8ccccc8n7c6c5)ccc4c3)nc3ccccc32)cc1. The average Bonchev–Trinajstić information content (AvgIpc) is 3.71. The first-order valence-electron chi connectivity index (χ1n) is 15.6. The van der Waals surface area contributed by atoms with Gasteiger partial charge < -0.3 is 0 Å². The van der Waals surface area contributed by atoms with E-state index < -0.39 is 0 Å². The number of hydrogen-bond donors (Lipinski definition) is 0. The topological polar surface area (TPSA) is 35.1 Å². The highest BCUT2D eigenvalue weighted by Crippen LogP contribution is 2.36. The molecule has 3 heterocycles. The third-order valence-electron chi connectivity index (χ3n) is 9.26. The Labute approximate surface area is 264 Å². The van der Waals surface area contributed by atoms with Gasteiger partial charge in [0.05, 0.1) is 27.6 Å².